The number of hydrogen-bond acceptors (Lipinski definition) is 0. The van der Waals surface area contributed by atoms with Crippen LogP contribution in [0, 0.1) is 0 Å². The maximum Gasteiger partial charge on any atom is 0.142 e. The minimum Gasteiger partial charge on any atom is -0.0820 e. The summed E-state index contributed by atoms with van der Waals surface area (Å²) < 4.78 is 0. The van der Waals surface area contributed by atoms with E-state index in [0.29, 0.717) is 0 Å². The monoisotopic (exact) mass is 609 g/mol. The fourth-order valence-electron chi connectivity index (χ4n) is 16.3. The lowest BCUT2D eigenvalue weighted by Crippen LogP contribution is -2.49. The molecule has 0 aromatic rings. The van der Waals surface area contributed by atoms with Crippen LogP contribution in [0.25, 0.3) is 0 Å². The van der Waals surface area contributed by atoms with E-state index in [1.807, 2.05) is 0 Å². The molecule has 0 saturated carbocycles. The zero-order chi connectivity index (χ0) is 30.0. The Morgan fingerprint density at radius 2 is 0.444 bits per heavy atom. The Hall–Kier alpha value is 0.260. The first-order valence-corrected chi connectivity index (χ1v) is 22.3. The maximum absolute atomic E-state index is 1.63. The van der Waals surface area contributed by atoms with Crippen LogP contribution in [0.5, 0.6) is 0 Å². The first-order chi connectivity index (χ1) is 22.3. The minimum atomic E-state index is 1.12. The maximum atomic E-state index is 1.63. The standard InChI is InChI=1S/C41H72B4/c1(2-4-30-40(42-32-14-6-15-33(42)17-7-16-32)43-34-18-8-19-35(43)21-9-20-34)3-5-31-41(44-36-22-10-23-37(44)25-11-24-36)45-38-26-12-27-39(45)29-13-28-38/h32-41H,1-31H2. The van der Waals surface area contributed by atoms with Crippen LogP contribution in [0.1, 0.15) is 199 Å². The van der Waals surface area contributed by atoms with Gasteiger partial charge in [0, 0.05) is 0 Å². The molecule has 8 rings (SSSR count). The smallest absolute Gasteiger partial charge is 0.0820 e. The van der Waals surface area contributed by atoms with Crippen molar-refractivity contribution in [3.05, 3.63) is 0 Å². The van der Waals surface area contributed by atoms with Gasteiger partial charge in [0.25, 0.3) is 0 Å². The highest BCUT2D eigenvalue weighted by atomic mass is 14.3. The summed E-state index contributed by atoms with van der Waals surface area (Å²) in [6.07, 6.45) is 49.3. The molecule has 4 heteroatoms. The lowest BCUT2D eigenvalue weighted by atomic mass is 9.06. The van der Waals surface area contributed by atoms with E-state index in [4.69, 9.17) is 0 Å². The molecular formula is C41H72B4. The van der Waals surface area contributed by atoms with E-state index < -0.39 is 0 Å². The van der Waals surface area contributed by atoms with E-state index in [-0.39, 0.29) is 0 Å². The molecule has 0 aliphatic carbocycles. The number of rotatable bonds is 12. The third kappa shape index (κ3) is 7.00. The van der Waals surface area contributed by atoms with E-state index in [1.165, 1.54) is 0 Å². The lowest BCUT2D eigenvalue weighted by molar-refractivity contribution is 0.418. The predicted octanol–water partition coefficient (Wildman–Crippen LogP) is 13.9. The van der Waals surface area contributed by atoms with Gasteiger partial charge < -0.3 is 0 Å². The van der Waals surface area contributed by atoms with Gasteiger partial charge in [-0.2, -0.15) is 0 Å². The van der Waals surface area contributed by atoms with Gasteiger partial charge in [-0.15, -0.1) is 0 Å². The fourth-order valence-corrected chi connectivity index (χ4v) is 16.3. The topological polar surface area (TPSA) is 0 Å². The Balaban J connectivity index is 0.881. The molecule has 45 heavy (non-hydrogen) atoms. The highest BCUT2D eigenvalue weighted by Crippen LogP contribution is 2.60. The van der Waals surface area contributed by atoms with Gasteiger partial charge in [-0.3, -0.25) is 0 Å². The van der Waals surface area contributed by atoms with Crippen LogP contribution in [0.2, 0.25) is 58.0 Å². The van der Waals surface area contributed by atoms with Gasteiger partial charge in [0.1, 0.15) is 26.9 Å². The molecule has 0 aromatic heterocycles. The number of unbranched alkanes of at least 4 members (excludes halogenated alkanes) is 4. The van der Waals surface area contributed by atoms with E-state index in [0.717, 1.165) is 84.8 Å². The van der Waals surface area contributed by atoms with Crippen molar-refractivity contribution >= 4 is 26.9 Å². The van der Waals surface area contributed by atoms with E-state index in [2.05, 4.69) is 0 Å². The molecule has 8 aliphatic rings. The minimum absolute atomic E-state index is 1.12. The number of hydrogen-bond donors (Lipinski definition) is 0. The Morgan fingerprint density at radius 1 is 0.267 bits per heavy atom. The predicted molar refractivity (Wildman–Crippen MR) is 204 cm³/mol. The summed E-state index contributed by atoms with van der Waals surface area (Å²) in [5.41, 5.74) is 2.24. The molecule has 8 fully saturated rings. The van der Waals surface area contributed by atoms with E-state index >= 15 is 0 Å². The molecule has 0 atom stereocenters. The van der Waals surface area contributed by atoms with Crippen molar-refractivity contribution in [2.24, 2.45) is 0 Å². The van der Waals surface area contributed by atoms with Gasteiger partial charge in [-0.25, -0.2) is 0 Å². The second-order valence-corrected chi connectivity index (χ2v) is 19.5. The van der Waals surface area contributed by atoms with Crippen molar-refractivity contribution in [3.8, 4) is 0 Å². The molecule has 8 bridgehead atoms. The van der Waals surface area contributed by atoms with Gasteiger partial charge in [0.05, 0.1) is 0 Å². The van der Waals surface area contributed by atoms with Crippen LogP contribution in [0.15, 0.2) is 0 Å². The molecule has 0 nitrogen and oxygen atoms in total. The summed E-state index contributed by atoms with van der Waals surface area (Å²) in [5, 5.41) is 0. The first kappa shape index (κ1) is 32.5. The third-order valence-electron chi connectivity index (χ3n) is 17.6. The van der Waals surface area contributed by atoms with Gasteiger partial charge in [-0.05, 0) is 0 Å². The normalized spacial score (nSPS) is 39.5. The summed E-state index contributed by atoms with van der Waals surface area (Å²) in [4.78, 5) is 0. The van der Waals surface area contributed by atoms with Crippen LogP contribution in [0.3, 0.4) is 0 Å². The average Bonchev–Trinajstić information content (AvgIpc) is 3.03. The van der Waals surface area contributed by atoms with Crippen LogP contribution in [-0.2, 0) is 0 Å². The molecule has 8 saturated heterocycles. The molecule has 0 unspecified atom stereocenters. The van der Waals surface area contributed by atoms with Gasteiger partial charge in [-0.1, -0.05) is 257 Å². The van der Waals surface area contributed by atoms with Crippen LogP contribution in [0.4, 0.5) is 0 Å². The first-order valence-electron chi connectivity index (χ1n) is 22.3. The molecule has 8 aliphatic heterocycles. The Morgan fingerprint density at radius 3 is 0.644 bits per heavy atom. The van der Waals surface area contributed by atoms with E-state index in [9.17, 15) is 0 Å². The molecular weight excluding hydrogens is 536 g/mol. The van der Waals surface area contributed by atoms with Crippen molar-refractivity contribution in [3.63, 3.8) is 0 Å². The van der Waals surface area contributed by atoms with Crippen molar-refractivity contribution in [1.82, 2.24) is 0 Å². The molecule has 0 N–H and O–H groups in total. The van der Waals surface area contributed by atoms with E-state index in [1.54, 1.807) is 199 Å². The molecule has 0 aromatic carbocycles. The zero-order valence-electron chi connectivity index (χ0n) is 30.0. The van der Waals surface area contributed by atoms with Crippen LogP contribution < -0.4 is 0 Å². The van der Waals surface area contributed by atoms with Crippen molar-refractivity contribution < 1.29 is 0 Å². The molecule has 8 heterocycles. The van der Waals surface area contributed by atoms with Gasteiger partial charge in [0.15, 0.2) is 0 Å². The summed E-state index contributed by atoms with van der Waals surface area (Å²) in [5.74, 6) is 9.00. The SMILES string of the molecule is C(CCCC(B1C2CCCC1CCC2)B1C2CCCC1CCC2)CCCC(B1C2CCCC1CCC2)B1C2CCCC1CCC2. The Labute approximate surface area is 283 Å². The zero-order valence-corrected chi connectivity index (χ0v) is 30.0. The Bertz CT molecular complexity index is 699. The highest BCUT2D eigenvalue weighted by molar-refractivity contribution is 6.84. The largest absolute Gasteiger partial charge is 0.142 e. The number of fused-ring (bicyclic) bond motifs is 8. The lowest BCUT2D eigenvalue weighted by Gasteiger charge is -2.52. The summed E-state index contributed by atoms with van der Waals surface area (Å²) in [6, 6.07) is 0. The third-order valence-corrected chi connectivity index (χ3v) is 17.6. The Kier molecular flexibility index (Phi) is 11.1. The quantitative estimate of drug-likeness (QED) is 0.153. The van der Waals surface area contributed by atoms with Crippen molar-refractivity contribution in [2.45, 2.75) is 257 Å². The van der Waals surface area contributed by atoms with Gasteiger partial charge >= 0.3 is 0 Å². The fraction of sp³-hybridized carbons (Fsp3) is 1.00. The second kappa shape index (κ2) is 15.4. The average molecular weight is 608 g/mol. The van der Waals surface area contributed by atoms with Crippen molar-refractivity contribution in [2.75, 3.05) is 0 Å². The van der Waals surface area contributed by atoms with Crippen molar-refractivity contribution in [1.29, 1.82) is 0 Å². The molecule has 0 radical (unpaired) electrons. The molecule has 0 spiro atoms. The molecule has 0 amide bonds. The van der Waals surface area contributed by atoms with Crippen LogP contribution >= 0.6 is 0 Å². The second-order valence-electron chi connectivity index (χ2n) is 19.5. The summed E-state index contributed by atoms with van der Waals surface area (Å²) in [6.45, 7) is 4.57. The summed E-state index contributed by atoms with van der Waals surface area (Å²) >= 11 is 0. The van der Waals surface area contributed by atoms with Crippen LogP contribution in [-0.4, -0.2) is 26.9 Å². The molecule has 248 valence electrons. The highest BCUT2D eigenvalue weighted by Gasteiger charge is 2.53. The summed E-state index contributed by atoms with van der Waals surface area (Å²) in [7, 11) is 0. The van der Waals surface area contributed by atoms with Gasteiger partial charge in [0.2, 0.25) is 0 Å².